The molecule has 14 heavy (non-hydrogen) atoms. The lowest BCUT2D eigenvalue weighted by molar-refractivity contribution is -0.147. The molecule has 1 fully saturated rings. The summed E-state index contributed by atoms with van der Waals surface area (Å²) in [6, 6.07) is 0.418. The van der Waals surface area contributed by atoms with Gasteiger partial charge in [0.1, 0.15) is 0 Å². The van der Waals surface area contributed by atoms with Crippen LogP contribution in [0.2, 0.25) is 0 Å². The molecule has 4 nitrogen and oxygen atoms in total. The zero-order valence-corrected chi connectivity index (χ0v) is 8.91. The molecule has 0 saturated carbocycles. The second-order valence-electron chi connectivity index (χ2n) is 3.80. The first-order valence-electron chi connectivity index (χ1n) is 5.19. The molecule has 1 aliphatic heterocycles. The van der Waals surface area contributed by atoms with Crippen LogP contribution in [0, 0.1) is 0 Å². The molecule has 0 spiro atoms. The van der Waals surface area contributed by atoms with Crippen LogP contribution in [0.1, 0.15) is 26.7 Å². The van der Waals surface area contributed by atoms with Gasteiger partial charge >= 0.3 is 5.97 Å². The van der Waals surface area contributed by atoms with Crippen LogP contribution in [0.25, 0.3) is 0 Å². The molecule has 82 valence electrons. The molecule has 0 radical (unpaired) electrons. The smallest absolute Gasteiger partial charge is 0.307 e. The number of nitrogens with one attached hydrogen (secondary N) is 1. The zero-order valence-electron chi connectivity index (χ0n) is 8.91. The number of carbonyl (C=O) groups is 1. The van der Waals surface area contributed by atoms with E-state index in [0.29, 0.717) is 19.0 Å². The van der Waals surface area contributed by atoms with Gasteiger partial charge in [0, 0.05) is 19.2 Å². The first-order chi connectivity index (χ1) is 6.68. The number of hydrogen-bond acceptors (Lipinski definition) is 4. The quantitative estimate of drug-likeness (QED) is 0.665. The third-order valence-electron chi connectivity index (χ3n) is 2.06. The fourth-order valence-electron chi connectivity index (χ4n) is 1.40. The Labute approximate surface area is 85.0 Å². The number of hydrogen-bond donors (Lipinski definition) is 1. The van der Waals surface area contributed by atoms with Gasteiger partial charge in [0.2, 0.25) is 0 Å². The molecule has 1 saturated heterocycles. The Bertz CT molecular complexity index is 176. The lowest BCUT2D eigenvalue weighted by Gasteiger charge is -2.11. The van der Waals surface area contributed by atoms with Crippen LogP contribution in [0.3, 0.4) is 0 Å². The molecule has 1 N–H and O–H groups in total. The second kappa shape index (κ2) is 5.98. The minimum atomic E-state index is -0.133. The SMILES string of the molecule is CC(C)OC(=O)CCNC1CCOC1. The number of ether oxygens (including phenoxy) is 2. The van der Waals surface area contributed by atoms with E-state index < -0.39 is 0 Å². The monoisotopic (exact) mass is 201 g/mol. The number of carbonyl (C=O) groups excluding carboxylic acids is 1. The van der Waals surface area contributed by atoms with E-state index in [0.717, 1.165) is 19.6 Å². The molecule has 1 unspecified atom stereocenters. The predicted octanol–water partition coefficient (Wildman–Crippen LogP) is 0.707. The molecule has 0 amide bonds. The van der Waals surface area contributed by atoms with Crippen molar-refractivity contribution in [2.45, 2.75) is 38.8 Å². The van der Waals surface area contributed by atoms with Gasteiger partial charge in [-0.25, -0.2) is 0 Å². The molecule has 0 aromatic carbocycles. The summed E-state index contributed by atoms with van der Waals surface area (Å²) < 4.78 is 10.2. The lowest BCUT2D eigenvalue weighted by Crippen LogP contribution is -2.31. The van der Waals surface area contributed by atoms with Gasteiger partial charge in [-0.15, -0.1) is 0 Å². The van der Waals surface area contributed by atoms with Crippen molar-refractivity contribution in [3.63, 3.8) is 0 Å². The van der Waals surface area contributed by atoms with E-state index in [1.807, 2.05) is 13.8 Å². The topological polar surface area (TPSA) is 47.6 Å². The van der Waals surface area contributed by atoms with Gasteiger partial charge in [-0.1, -0.05) is 0 Å². The molecule has 1 aliphatic rings. The van der Waals surface area contributed by atoms with Crippen molar-refractivity contribution < 1.29 is 14.3 Å². The van der Waals surface area contributed by atoms with Crippen LogP contribution >= 0.6 is 0 Å². The van der Waals surface area contributed by atoms with Crippen molar-refractivity contribution in [1.82, 2.24) is 5.32 Å². The van der Waals surface area contributed by atoms with E-state index in [1.165, 1.54) is 0 Å². The number of rotatable bonds is 5. The van der Waals surface area contributed by atoms with Gasteiger partial charge in [-0.05, 0) is 20.3 Å². The summed E-state index contributed by atoms with van der Waals surface area (Å²) in [6.07, 6.45) is 1.46. The molecular weight excluding hydrogens is 182 g/mol. The Hall–Kier alpha value is -0.610. The summed E-state index contributed by atoms with van der Waals surface area (Å²) in [6.45, 7) is 5.99. The van der Waals surface area contributed by atoms with E-state index in [-0.39, 0.29) is 12.1 Å². The van der Waals surface area contributed by atoms with E-state index >= 15 is 0 Å². The number of esters is 1. The Morgan fingerprint density at radius 1 is 1.64 bits per heavy atom. The van der Waals surface area contributed by atoms with E-state index in [1.54, 1.807) is 0 Å². The summed E-state index contributed by atoms with van der Waals surface area (Å²) >= 11 is 0. The summed E-state index contributed by atoms with van der Waals surface area (Å²) in [7, 11) is 0. The first-order valence-corrected chi connectivity index (χ1v) is 5.19. The standard InChI is InChI=1S/C10H19NO3/c1-8(2)14-10(12)3-5-11-9-4-6-13-7-9/h8-9,11H,3-7H2,1-2H3. The van der Waals surface area contributed by atoms with E-state index in [4.69, 9.17) is 9.47 Å². The van der Waals surface area contributed by atoms with Crippen LogP contribution in [0.5, 0.6) is 0 Å². The third-order valence-corrected chi connectivity index (χ3v) is 2.06. The molecule has 1 heterocycles. The second-order valence-corrected chi connectivity index (χ2v) is 3.80. The van der Waals surface area contributed by atoms with Gasteiger partial charge in [0.25, 0.3) is 0 Å². The molecule has 1 rings (SSSR count). The highest BCUT2D eigenvalue weighted by Gasteiger charge is 2.15. The van der Waals surface area contributed by atoms with Crippen molar-refractivity contribution in [3.8, 4) is 0 Å². The van der Waals surface area contributed by atoms with Crippen LogP contribution in [-0.4, -0.2) is 37.9 Å². The Balaban J connectivity index is 1.99. The van der Waals surface area contributed by atoms with Gasteiger partial charge < -0.3 is 14.8 Å². The van der Waals surface area contributed by atoms with Crippen LogP contribution in [-0.2, 0) is 14.3 Å². The third kappa shape index (κ3) is 4.58. The fourth-order valence-corrected chi connectivity index (χ4v) is 1.40. The molecule has 0 aromatic rings. The Morgan fingerprint density at radius 3 is 3.00 bits per heavy atom. The highest BCUT2D eigenvalue weighted by Crippen LogP contribution is 2.03. The molecular formula is C10H19NO3. The maximum atomic E-state index is 11.1. The van der Waals surface area contributed by atoms with Crippen LogP contribution in [0.15, 0.2) is 0 Å². The largest absolute Gasteiger partial charge is 0.463 e. The summed E-state index contributed by atoms with van der Waals surface area (Å²) in [5.41, 5.74) is 0. The van der Waals surface area contributed by atoms with Crippen LogP contribution in [0.4, 0.5) is 0 Å². The molecule has 0 aromatic heterocycles. The zero-order chi connectivity index (χ0) is 10.4. The van der Waals surface area contributed by atoms with Crippen molar-refractivity contribution in [3.05, 3.63) is 0 Å². The summed E-state index contributed by atoms with van der Waals surface area (Å²) in [5.74, 6) is -0.133. The average Bonchev–Trinajstić information content (AvgIpc) is 2.55. The average molecular weight is 201 g/mol. The van der Waals surface area contributed by atoms with Crippen molar-refractivity contribution in [1.29, 1.82) is 0 Å². The lowest BCUT2D eigenvalue weighted by atomic mass is 10.2. The fraction of sp³-hybridized carbons (Fsp3) is 0.900. The van der Waals surface area contributed by atoms with Crippen molar-refractivity contribution >= 4 is 5.97 Å². The Morgan fingerprint density at radius 2 is 2.43 bits per heavy atom. The van der Waals surface area contributed by atoms with Crippen LogP contribution < -0.4 is 5.32 Å². The van der Waals surface area contributed by atoms with Gasteiger partial charge in [-0.3, -0.25) is 4.79 Å². The minimum absolute atomic E-state index is 0.0164. The highest BCUT2D eigenvalue weighted by atomic mass is 16.5. The predicted molar refractivity (Wildman–Crippen MR) is 53.1 cm³/mol. The molecule has 0 aliphatic carbocycles. The van der Waals surface area contributed by atoms with E-state index in [2.05, 4.69) is 5.32 Å². The first kappa shape index (κ1) is 11.5. The maximum absolute atomic E-state index is 11.1. The molecule has 4 heteroatoms. The van der Waals surface area contributed by atoms with Crippen molar-refractivity contribution in [2.24, 2.45) is 0 Å². The van der Waals surface area contributed by atoms with Crippen molar-refractivity contribution in [2.75, 3.05) is 19.8 Å². The summed E-state index contributed by atoms with van der Waals surface area (Å²) in [5, 5.41) is 3.26. The van der Waals surface area contributed by atoms with E-state index in [9.17, 15) is 4.79 Å². The normalized spacial score (nSPS) is 21.5. The maximum Gasteiger partial charge on any atom is 0.307 e. The van der Waals surface area contributed by atoms with Gasteiger partial charge in [0.05, 0.1) is 19.1 Å². The van der Waals surface area contributed by atoms with Gasteiger partial charge in [-0.2, -0.15) is 0 Å². The highest BCUT2D eigenvalue weighted by molar-refractivity contribution is 5.69. The minimum Gasteiger partial charge on any atom is -0.463 e. The molecule has 0 bridgehead atoms. The van der Waals surface area contributed by atoms with Gasteiger partial charge in [0.15, 0.2) is 0 Å². The summed E-state index contributed by atoms with van der Waals surface area (Å²) in [4.78, 5) is 11.1. The molecule has 1 atom stereocenters. The Kier molecular flexibility index (Phi) is 4.90.